The van der Waals surface area contributed by atoms with Crippen LogP contribution in [0.15, 0.2) is 60.9 Å². The Morgan fingerprint density at radius 1 is 1.08 bits per heavy atom. The van der Waals surface area contributed by atoms with Gasteiger partial charge in [-0.05, 0) is 35.7 Å². The Morgan fingerprint density at radius 3 is 2.33 bits per heavy atom. The van der Waals surface area contributed by atoms with Crippen LogP contribution in [0, 0.1) is 6.92 Å². The summed E-state index contributed by atoms with van der Waals surface area (Å²) in [6.45, 7) is 2.17. The van der Waals surface area contributed by atoms with Crippen molar-refractivity contribution in [3.05, 3.63) is 82.8 Å². The zero-order valence-electron chi connectivity index (χ0n) is 19.9. The maximum atomic E-state index is 12.3. The van der Waals surface area contributed by atoms with Crippen molar-refractivity contribution < 1.29 is 14.6 Å². The molecule has 3 aromatic heterocycles. The van der Waals surface area contributed by atoms with Gasteiger partial charge in [0.25, 0.3) is 0 Å². The molecule has 0 saturated heterocycles. The number of ether oxygens (including phenoxy) is 1. The van der Waals surface area contributed by atoms with Crippen LogP contribution in [0.3, 0.4) is 0 Å². The summed E-state index contributed by atoms with van der Waals surface area (Å²) in [5, 5.41) is 24.5. The van der Waals surface area contributed by atoms with E-state index in [9.17, 15) is 9.90 Å². The molecule has 0 saturated carbocycles. The molecule has 0 spiro atoms. The van der Waals surface area contributed by atoms with Crippen molar-refractivity contribution >= 4 is 28.7 Å². The number of pyridine rings is 1. The normalized spacial score (nSPS) is 12.1. The van der Waals surface area contributed by atoms with Crippen LogP contribution in [0.2, 0.25) is 5.02 Å². The molecule has 1 N–H and O–H groups in total. The minimum absolute atomic E-state index is 0.335. The molecule has 0 fully saturated rings. The summed E-state index contributed by atoms with van der Waals surface area (Å²) in [7, 11) is 3.08. The second-order valence-corrected chi connectivity index (χ2v) is 8.87. The number of nitrogens with zero attached hydrogens (tertiary/aromatic N) is 6. The number of rotatable bonds is 6. The molecule has 1 unspecified atom stereocenters. The van der Waals surface area contributed by atoms with Crippen molar-refractivity contribution in [3.63, 3.8) is 0 Å². The van der Waals surface area contributed by atoms with Crippen molar-refractivity contribution in [2.24, 2.45) is 7.05 Å². The van der Waals surface area contributed by atoms with E-state index in [1.165, 1.54) is 7.11 Å². The lowest BCUT2D eigenvalue weighted by atomic mass is 9.93. The number of aryl methyl sites for hydroxylation is 2. The molecule has 1 atom stereocenters. The first-order valence-electron chi connectivity index (χ1n) is 11.2. The van der Waals surface area contributed by atoms with Crippen LogP contribution in [0.1, 0.15) is 22.9 Å². The predicted molar refractivity (Wildman–Crippen MR) is 135 cm³/mol. The third-order valence-corrected chi connectivity index (χ3v) is 6.27. The second-order valence-electron chi connectivity index (χ2n) is 8.44. The molecule has 0 bridgehead atoms. The molecule has 5 rings (SSSR count). The molecular formula is C26H23ClN6O3. The van der Waals surface area contributed by atoms with Crippen molar-refractivity contribution in [1.29, 1.82) is 0 Å². The maximum Gasteiger partial charge on any atom is 0.339 e. The van der Waals surface area contributed by atoms with Crippen LogP contribution in [-0.2, 0) is 23.1 Å². The van der Waals surface area contributed by atoms with E-state index in [0.29, 0.717) is 39.6 Å². The number of fused-ring (bicyclic) bond motifs is 1. The van der Waals surface area contributed by atoms with E-state index >= 15 is 0 Å². The number of esters is 1. The minimum Gasteiger partial charge on any atom is -0.467 e. The summed E-state index contributed by atoms with van der Waals surface area (Å²) in [4.78, 5) is 17.0. The lowest BCUT2D eigenvalue weighted by Gasteiger charge is -2.17. The van der Waals surface area contributed by atoms with Crippen molar-refractivity contribution in [3.8, 4) is 22.3 Å². The SMILES string of the molecule is COC(=O)C(O)c1c(C)nc2c(nnn2Cc2cnn(C)c2)c1-c1ccc(-c2ccc(Cl)cc2)cc1. The Bertz CT molecular complexity index is 1560. The van der Waals surface area contributed by atoms with Gasteiger partial charge in [0.05, 0.1) is 19.9 Å². The fraction of sp³-hybridized carbons (Fsp3) is 0.192. The monoisotopic (exact) mass is 502 g/mol. The van der Waals surface area contributed by atoms with Crippen LogP contribution in [-0.4, -0.2) is 47.9 Å². The molecule has 0 aliphatic carbocycles. The average Bonchev–Trinajstić information content (AvgIpc) is 3.48. The standard InChI is InChI=1S/C26H23ClN6O3/c1-15-21(24(34)26(35)36-3)22(19-6-4-17(5-7-19)18-8-10-20(27)11-9-18)23-25(29-15)33(31-30-23)14-16-12-28-32(2)13-16/h4-13,24,34H,14H2,1-3H3. The zero-order chi connectivity index (χ0) is 25.4. The highest BCUT2D eigenvalue weighted by atomic mass is 35.5. The van der Waals surface area contributed by atoms with E-state index in [1.807, 2.05) is 61.8 Å². The van der Waals surface area contributed by atoms with Crippen LogP contribution in [0.5, 0.6) is 0 Å². The lowest BCUT2D eigenvalue weighted by Crippen LogP contribution is -2.17. The highest BCUT2D eigenvalue weighted by molar-refractivity contribution is 6.30. The first kappa shape index (κ1) is 23.7. The molecule has 10 heteroatoms. The zero-order valence-corrected chi connectivity index (χ0v) is 20.6. The van der Waals surface area contributed by atoms with Crippen LogP contribution >= 0.6 is 11.6 Å². The second kappa shape index (κ2) is 9.52. The number of hydrogen-bond acceptors (Lipinski definition) is 7. The lowest BCUT2D eigenvalue weighted by molar-refractivity contribution is -0.150. The van der Waals surface area contributed by atoms with E-state index < -0.39 is 12.1 Å². The topological polar surface area (TPSA) is 108 Å². The molecule has 36 heavy (non-hydrogen) atoms. The van der Waals surface area contributed by atoms with Gasteiger partial charge >= 0.3 is 5.97 Å². The predicted octanol–water partition coefficient (Wildman–Crippen LogP) is 4.11. The Balaban J connectivity index is 1.66. The number of aromatic nitrogens is 6. The van der Waals surface area contributed by atoms with Crippen molar-refractivity contribution in [2.45, 2.75) is 19.6 Å². The van der Waals surface area contributed by atoms with E-state index in [4.69, 9.17) is 16.3 Å². The van der Waals surface area contributed by atoms with Gasteiger partial charge in [-0.3, -0.25) is 4.68 Å². The first-order valence-corrected chi connectivity index (χ1v) is 11.6. The Labute approximate surface area is 211 Å². The Hall–Kier alpha value is -4.08. The molecule has 0 aliphatic heterocycles. The van der Waals surface area contributed by atoms with Gasteiger partial charge in [0.2, 0.25) is 0 Å². The number of benzene rings is 2. The molecule has 0 aliphatic rings. The highest BCUT2D eigenvalue weighted by Crippen LogP contribution is 2.37. The molecule has 0 amide bonds. The summed E-state index contributed by atoms with van der Waals surface area (Å²) >= 11 is 6.03. The Kier molecular flexibility index (Phi) is 6.26. The number of halogens is 1. The number of aliphatic hydroxyl groups is 1. The summed E-state index contributed by atoms with van der Waals surface area (Å²) < 4.78 is 8.21. The maximum absolute atomic E-state index is 12.3. The molecule has 3 heterocycles. The first-order chi connectivity index (χ1) is 17.4. The van der Waals surface area contributed by atoms with Gasteiger partial charge in [-0.15, -0.1) is 5.10 Å². The number of aliphatic hydroxyl groups excluding tert-OH is 1. The number of hydrogen-bond donors (Lipinski definition) is 1. The van der Waals surface area contributed by atoms with E-state index in [2.05, 4.69) is 20.4 Å². The van der Waals surface area contributed by atoms with Gasteiger partial charge in [0.15, 0.2) is 11.8 Å². The summed E-state index contributed by atoms with van der Waals surface area (Å²) in [5.74, 6) is -0.777. The van der Waals surface area contributed by atoms with Crippen LogP contribution < -0.4 is 0 Å². The molecule has 0 radical (unpaired) electrons. The average molecular weight is 503 g/mol. The van der Waals surface area contributed by atoms with Gasteiger partial charge < -0.3 is 9.84 Å². The van der Waals surface area contributed by atoms with Gasteiger partial charge in [0.1, 0.15) is 5.52 Å². The summed E-state index contributed by atoms with van der Waals surface area (Å²) in [6.07, 6.45) is 2.12. The van der Waals surface area contributed by atoms with E-state index in [0.717, 1.165) is 22.3 Å². The van der Waals surface area contributed by atoms with Gasteiger partial charge in [-0.1, -0.05) is 53.2 Å². The van der Waals surface area contributed by atoms with Crippen LogP contribution in [0.25, 0.3) is 33.4 Å². The molecule has 5 aromatic rings. The molecule has 9 nitrogen and oxygen atoms in total. The molecule has 182 valence electrons. The number of methoxy groups -OCH3 is 1. The summed E-state index contributed by atoms with van der Waals surface area (Å²) in [6, 6.07) is 15.4. The third kappa shape index (κ3) is 4.34. The number of carbonyl (C=O) groups excluding carboxylic acids is 1. The molecule has 2 aromatic carbocycles. The van der Waals surface area contributed by atoms with E-state index in [1.54, 1.807) is 22.5 Å². The van der Waals surface area contributed by atoms with Crippen LogP contribution in [0.4, 0.5) is 0 Å². The fourth-order valence-corrected chi connectivity index (χ4v) is 4.39. The minimum atomic E-state index is -1.53. The third-order valence-electron chi connectivity index (χ3n) is 6.02. The van der Waals surface area contributed by atoms with Gasteiger partial charge in [-0.2, -0.15) is 5.10 Å². The quantitative estimate of drug-likeness (QED) is 0.348. The Morgan fingerprint density at radius 2 is 1.72 bits per heavy atom. The molecular weight excluding hydrogens is 480 g/mol. The summed E-state index contributed by atoms with van der Waals surface area (Å²) in [5.41, 5.74) is 6.11. The van der Waals surface area contributed by atoms with Crippen molar-refractivity contribution in [1.82, 2.24) is 29.8 Å². The highest BCUT2D eigenvalue weighted by Gasteiger charge is 2.28. The number of carbonyl (C=O) groups is 1. The van der Waals surface area contributed by atoms with Gasteiger partial charge in [-0.25, -0.2) is 14.5 Å². The fourth-order valence-electron chi connectivity index (χ4n) is 4.27. The van der Waals surface area contributed by atoms with E-state index in [-0.39, 0.29) is 0 Å². The largest absolute Gasteiger partial charge is 0.467 e. The van der Waals surface area contributed by atoms with Gasteiger partial charge in [0, 0.05) is 40.7 Å². The van der Waals surface area contributed by atoms with Crippen molar-refractivity contribution in [2.75, 3.05) is 7.11 Å². The smallest absolute Gasteiger partial charge is 0.339 e.